The van der Waals surface area contributed by atoms with Gasteiger partial charge in [0.1, 0.15) is 0 Å². The van der Waals surface area contributed by atoms with E-state index in [9.17, 15) is 13.2 Å². The normalized spacial score (nSPS) is 16.7. The van der Waals surface area contributed by atoms with Crippen molar-refractivity contribution in [1.29, 1.82) is 0 Å². The molecule has 22 heavy (non-hydrogen) atoms. The van der Waals surface area contributed by atoms with Crippen molar-refractivity contribution in [3.63, 3.8) is 0 Å². The highest BCUT2D eigenvalue weighted by atomic mass is 32.2. The number of amides is 1. The molecule has 0 aliphatic heterocycles. The lowest BCUT2D eigenvalue weighted by molar-refractivity contribution is 0.0954. The molecule has 5 nitrogen and oxygen atoms in total. The SMILES string of the molecule is CNS(=O)(=O)c1csc(C(=O)NC[C@@H]2Cc3ccccc32)c1. The summed E-state index contributed by atoms with van der Waals surface area (Å²) in [4.78, 5) is 12.6. The average molecular weight is 336 g/mol. The first kappa shape index (κ1) is 15.2. The van der Waals surface area contributed by atoms with Crippen LogP contribution in [-0.2, 0) is 16.4 Å². The summed E-state index contributed by atoms with van der Waals surface area (Å²) >= 11 is 1.13. The summed E-state index contributed by atoms with van der Waals surface area (Å²) in [5, 5.41) is 4.35. The first-order valence-corrected chi connectivity index (χ1v) is 9.25. The van der Waals surface area contributed by atoms with Crippen molar-refractivity contribution in [2.24, 2.45) is 0 Å². The number of thiophene rings is 1. The topological polar surface area (TPSA) is 75.3 Å². The highest BCUT2D eigenvalue weighted by Crippen LogP contribution is 2.34. The molecule has 3 rings (SSSR count). The van der Waals surface area contributed by atoms with Crippen molar-refractivity contribution in [2.45, 2.75) is 17.2 Å². The zero-order chi connectivity index (χ0) is 15.7. The number of sulfonamides is 1. The Morgan fingerprint density at radius 2 is 2.14 bits per heavy atom. The Hall–Kier alpha value is -1.70. The van der Waals surface area contributed by atoms with Gasteiger partial charge in [-0.3, -0.25) is 4.79 Å². The molecule has 0 bridgehead atoms. The van der Waals surface area contributed by atoms with E-state index < -0.39 is 10.0 Å². The summed E-state index contributed by atoms with van der Waals surface area (Å²) in [6.07, 6.45) is 0.972. The van der Waals surface area contributed by atoms with Crippen molar-refractivity contribution in [3.8, 4) is 0 Å². The second-order valence-electron chi connectivity index (χ2n) is 5.16. The third kappa shape index (κ3) is 2.79. The predicted octanol–water partition coefficient (Wildman–Crippen LogP) is 1.73. The Balaban J connectivity index is 1.62. The molecule has 0 saturated carbocycles. The first-order valence-electron chi connectivity index (χ1n) is 6.89. The summed E-state index contributed by atoms with van der Waals surface area (Å²) in [5.74, 6) is 0.118. The zero-order valence-corrected chi connectivity index (χ0v) is 13.6. The molecule has 0 unspecified atom stereocenters. The van der Waals surface area contributed by atoms with Crippen LogP contribution < -0.4 is 10.0 Å². The van der Waals surface area contributed by atoms with Gasteiger partial charge < -0.3 is 5.32 Å². The number of benzene rings is 1. The number of hydrogen-bond donors (Lipinski definition) is 2. The summed E-state index contributed by atoms with van der Waals surface area (Å²) in [7, 11) is -2.15. The van der Waals surface area contributed by atoms with Gasteiger partial charge in [0.25, 0.3) is 5.91 Å². The molecule has 0 radical (unpaired) electrons. The zero-order valence-electron chi connectivity index (χ0n) is 12.0. The average Bonchev–Trinajstić information content (AvgIpc) is 2.99. The van der Waals surface area contributed by atoms with Gasteiger partial charge in [-0.25, -0.2) is 13.1 Å². The maximum atomic E-state index is 12.1. The van der Waals surface area contributed by atoms with Gasteiger partial charge in [0.15, 0.2) is 0 Å². The fraction of sp³-hybridized carbons (Fsp3) is 0.267. The highest BCUT2D eigenvalue weighted by Gasteiger charge is 2.26. The number of carbonyl (C=O) groups is 1. The third-order valence-corrected chi connectivity index (χ3v) is 6.32. The monoisotopic (exact) mass is 336 g/mol. The lowest BCUT2D eigenvalue weighted by atomic mass is 9.77. The summed E-state index contributed by atoms with van der Waals surface area (Å²) in [6, 6.07) is 9.60. The third-order valence-electron chi connectivity index (χ3n) is 3.85. The van der Waals surface area contributed by atoms with Gasteiger partial charge in [0, 0.05) is 17.8 Å². The maximum Gasteiger partial charge on any atom is 0.261 e. The quantitative estimate of drug-likeness (QED) is 0.873. The Bertz CT molecular complexity index is 812. The molecule has 7 heteroatoms. The van der Waals surface area contributed by atoms with Gasteiger partial charge in [-0.2, -0.15) is 0 Å². The lowest BCUT2D eigenvalue weighted by Crippen LogP contribution is -2.32. The van der Waals surface area contributed by atoms with E-state index in [0.29, 0.717) is 17.3 Å². The minimum atomic E-state index is -3.50. The van der Waals surface area contributed by atoms with Crippen LogP contribution in [-0.4, -0.2) is 27.9 Å². The summed E-state index contributed by atoms with van der Waals surface area (Å²) in [6.45, 7) is 0.571. The first-order chi connectivity index (χ1) is 10.5. The Kier molecular flexibility index (Phi) is 4.03. The van der Waals surface area contributed by atoms with Crippen molar-refractivity contribution in [1.82, 2.24) is 10.0 Å². The molecule has 1 amide bonds. The Labute approximate surface area is 133 Å². The van der Waals surface area contributed by atoms with Gasteiger partial charge in [-0.05, 0) is 30.7 Å². The van der Waals surface area contributed by atoms with E-state index in [0.717, 1.165) is 17.8 Å². The molecule has 1 aliphatic rings. The molecule has 0 saturated heterocycles. The molecule has 0 fully saturated rings. The molecule has 0 spiro atoms. The van der Waals surface area contributed by atoms with Crippen molar-refractivity contribution < 1.29 is 13.2 Å². The van der Waals surface area contributed by atoms with Crippen molar-refractivity contribution in [3.05, 3.63) is 51.7 Å². The van der Waals surface area contributed by atoms with E-state index in [-0.39, 0.29) is 10.8 Å². The van der Waals surface area contributed by atoms with Crippen LogP contribution in [0.2, 0.25) is 0 Å². The molecule has 1 heterocycles. The molecule has 116 valence electrons. The van der Waals surface area contributed by atoms with E-state index in [1.54, 1.807) is 0 Å². The van der Waals surface area contributed by atoms with E-state index in [2.05, 4.69) is 22.2 Å². The molecular weight excluding hydrogens is 320 g/mol. The number of fused-ring (bicyclic) bond motifs is 1. The highest BCUT2D eigenvalue weighted by molar-refractivity contribution is 7.89. The van der Waals surface area contributed by atoms with Gasteiger partial charge in [-0.15, -0.1) is 11.3 Å². The predicted molar refractivity (Wildman–Crippen MR) is 85.8 cm³/mol. The van der Waals surface area contributed by atoms with E-state index in [1.165, 1.54) is 29.6 Å². The van der Waals surface area contributed by atoms with Crippen LogP contribution in [0.25, 0.3) is 0 Å². The molecular formula is C15H16N2O3S2. The second kappa shape index (κ2) is 5.83. The van der Waals surface area contributed by atoms with Crippen LogP contribution in [0.1, 0.15) is 26.7 Å². The molecule has 1 aromatic heterocycles. The van der Waals surface area contributed by atoms with Gasteiger partial charge in [0.05, 0.1) is 9.77 Å². The van der Waals surface area contributed by atoms with Crippen LogP contribution in [0, 0.1) is 0 Å². The van der Waals surface area contributed by atoms with Crippen molar-refractivity contribution >= 4 is 27.3 Å². The molecule has 1 atom stereocenters. The van der Waals surface area contributed by atoms with Crippen molar-refractivity contribution in [2.75, 3.05) is 13.6 Å². The molecule has 1 aromatic carbocycles. The van der Waals surface area contributed by atoms with E-state index in [4.69, 9.17) is 0 Å². The summed E-state index contributed by atoms with van der Waals surface area (Å²) < 4.78 is 25.6. The fourth-order valence-corrected chi connectivity index (χ4v) is 4.46. The maximum absolute atomic E-state index is 12.1. The largest absolute Gasteiger partial charge is 0.351 e. The number of hydrogen-bond acceptors (Lipinski definition) is 4. The number of rotatable bonds is 5. The number of carbonyl (C=O) groups excluding carboxylic acids is 1. The van der Waals surface area contributed by atoms with Crippen LogP contribution in [0.15, 0.2) is 40.6 Å². The molecule has 1 aliphatic carbocycles. The lowest BCUT2D eigenvalue weighted by Gasteiger charge is -2.30. The van der Waals surface area contributed by atoms with Crippen LogP contribution in [0.3, 0.4) is 0 Å². The standard InChI is InChI=1S/C15H16N2O3S2/c1-16-22(19,20)12-7-14(21-9-12)15(18)17-8-11-6-10-4-2-3-5-13(10)11/h2-5,7,9,11,16H,6,8H2,1H3,(H,17,18)/t11-/m0/s1. The van der Waals surface area contributed by atoms with Crippen LogP contribution in [0.5, 0.6) is 0 Å². The van der Waals surface area contributed by atoms with Gasteiger partial charge in [0.2, 0.25) is 10.0 Å². The van der Waals surface area contributed by atoms with E-state index in [1.807, 2.05) is 12.1 Å². The summed E-state index contributed by atoms with van der Waals surface area (Å²) in [5.41, 5.74) is 2.62. The second-order valence-corrected chi connectivity index (χ2v) is 7.96. The number of nitrogens with one attached hydrogen (secondary N) is 2. The minimum absolute atomic E-state index is 0.124. The molecule has 2 N–H and O–H groups in total. The van der Waals surface area contributed by atoms with Crippen LogP contribution in [0.4, 0.5) is 0 Å². The Morgan fingerprint density at radius 1 is 1.36 bits per heavy atom. The Morgan fingerprint density at radius 3 is 2.86 bits per heavy atom. The fourth-order valence-electron chi connectivity index (χ4n) is 2.54. The smallest absolute Gasteiger partial charge is 0.261 e. The van der Waals surface area contributed by atoms with Gasteiger partial charge >= 0.3 is 0 Å². The molecule has 2 aromatic rings. The van der Waals surface area contributed by atoms with E-state index >= 15 is 0 Å². The van der Waals surface area contributed by atoms with Crippen LogP contribution >= 0.6 is 11.3 Å². The minimum Gasteiger partial charge on any atom is -0.351 e. The van der Waals surface area contributed by atoms with Gasteiger partial charge in [-0.1, -0.05) is 24.3 Å².